The van der Waals surface area contributed by atoms with Crippen LogP contribution in [0.15, 0.2) is 12.1 Å². The molecule has 0 bridgehead atoms. The minimum Gasteiger partial charge on any atom is -0.476 e. The molecule has 94 valence electrons. The second kappa shape index (κ2) is 5.58. The molecule has 0 aromatic carbocycles. The summed E-state index contributed by atoms with van der Waals surface area (Å²) in [5.41, 5.74) is -0.132. The van der Waals surface area contributed by atoms with E-state index in [0.29, 0.717) is 18.8 Å². The largest absolute Gasteiger partial charge is 0.476 e. The molecular formula is C11H17N3O3. The highest BCUT2D eigenvalue weighted by Gasteiger charge is 2.17. The number of aliphatic hydroxyl groups is 1. The van der Waals surface area contributed by atoms with Gasteiger partial charge in [0.05, 0.1) is 0 Å². The van der Waals surface area contributed by atoms with Gasteiger partial charge in [0.25, 0.3) is 0 Å². The van der Waals surface area contributed by atoms with Crippen LogP contribution in [0.2, 0.25) is 0 Å². The maximum absolute atomic E-state index is 10.6. The fourth-order valence-electron chi connectivity index (χ4n) is 1.26. The van der Waals surface area contributed by atoms with Gasteiger partial charge < -0.3 is 15.5 Å². The third-order valence-electron chi connectivity index (χ3n) is 2.42. The zero-order valence-electron chi connectivity index (χ0n) is 9.97. The van der Waals surface area contributed by atoms with Gasteiger partial charge in [-0.15, -0.1) is 10.2 Å². The van der Waals surface area contributed by atoms with E-state index in [2.05, 4.69) is 15.5 Å². The fraction of sp³-hybridized carbons (Fsp3) is 0.545. The second-order valence-electron chi connectivity index (χ2n) is 4.60. The molecule has 0 unspecified atom stereocenters. The number of aliphatic hydroxyl groups excluding tert-OH is 1. The molecule has 0 aliphatic carbocycles. The molecule has 0 amide bonds. The number of carboxylic acids is 1. The summed E-state index contributed by atoms with van der Waals surface area (Å²) >= 11 is 0. The Morgan fingerprint density at radius 2 is 2.12 bits per heavy atom. The van der Waals surface area contributed by atoms with Crippen molar-refractivity contribution >= 4 is 11.8 Å². The van der Waals surface area contributed by atoms with Crippen molar-refractivity contribution in [3.05, 3.63) is 17.8 Å². The Kier molecular flexibility index (Phi) is 4.39. The van der Waals surface area contributed by atoms with Gasteiger partial charge >= 0.3 is 5.97 Å². The van der Waals surface area contributed by atoms with Crippen molar-refractivity contribution in [1.82, 2.24) is 10.2 Å². The van der Waals surface area contributed by atoms with Crippen LogP contribution >= 0.6 is 0 Å². The van der Waals surface area contributed by atoms with Crippen molar-refractivity contribution in [1.29, 1.82) is 0 Å². The van der Waals surface area contributed by atoms with Crippen LogP contribution in [0.5, 0.6) is 0 Å². The van der Waals surface area contributed by atoms with Gasteiger partial charge in [-0.05, 0) is 24.0 Å². The molecule has 0 aliphatic rings. The maximum Gasteiger partial charge on any atom is 0.356 e. The Balaban J connectivity index is 2.55. The van der Waals surface area contributed by atoms with Gasteiger partial charge in [0.2, 0.25) is 0 Å². The normalized spacial score (nSPS) is 11.2. The van der Waals surface area contributed by atoms with Crippen LogP contribution in [0.1, 0.15) is 30.8 Å². The lowest BCUT2D eigenvalue weighted by Crippen LogP contribution is -2.24. The summed E-state index contributed by atoms with van der Waals surface area (Å²) in [6.07, 6.45) is 0.681. The molecule has 0 spiro atoms. The zero-order chi connectivity index (χ0) is 12.9. The molecule has 1 aromatic heterocycles. The number of nitrogens with zero attached hydrogens (tertiary/aromatic N) is 2. The molecule has 6 nitrogen and oxygen atoms in total. The number of hydrogen-bond acceptors (Lipinski definition) is 5. The van der Waals surface area contributed by atoms with Gasteiger partial charge in [-0.3, -0.25) is 0 Å². The van der Waals surface area contributed by atoms with Crippen molar-refractivity contribution in [3.8, 4) is 0 Å². The highest BCUT2D eigenvalue weighted by Crippen LogP contribution is 2.19. The Morgan fingerprint density at radius 1 is 1.41 bits per heavy atom. The van der Waals surface area contributed by atoms with Crippen LogP contribution in [0.4, 0.5) is 5.82 Å². The average Bonchev–Trinajstić information content (AvgIpc) is 2.27. The number of hydrogen-bond donors (Lipinski definition) is 3. The molecule has 1 rings (SSSR count). The molecule has 0 radical (unpaired) electrons. The van der Waals surface area contributed by atoms with Crippen LogP contribution in [0, 0.1) is 5.41 Å². The van der Waals surface area contributed by atoms with Crippen molar-refractivity contribution in [2.45, 2.75) is 20.3 Å². The maximum atomic E-state index is 10.6. The number of carboxylic acid groups (broad SMARTS) is 1. The molecule has 1 aromatic rings. The van der Waals surface area contributed by atoms with Gasteiger partial charge in [0.1, 0.15) is 5.82 Å². The summed E-state index contributed by atoms with van der Waals surface area (Å²) in [5.74, 6) is -0.564. The topological polar surface area (TPSA) is 95.3 Å². The van der Waals surface area contributed by atoms with Crippen molar-refractivity contribution in [2.75, 3.05) is 18.5 Å². The van der Waals surface area contributed by atoms with E-state index in [1.165, 1.54) is 6.07 Å². The molecule has 3 N–H and O–H groups in total. The lowest BCUT2D eigenvalue weighted by Gasteiger charge is -2.23. The predicted molar refractivity (Wildman–Crippen MR) is 63.0 cm³/mol. The van der Waals surface area contributed by atoms with Crippen molar-refractivity contribution in [2.24, 2.45) is 5.41 Å². The van der Waals surface area contributed by atoms with Gasteiger partial charge in [0, 0.05) is 13.2 Å². The minimum atomic E-state index is -1.09. The van der Waals surface area contributed by atoms with E-state index in [-0.39, 0.29) is 17.7 Å². The molecule has 0 saturated heterocycles. The highest BCUT2D eigenvalue weighted by molar-refractivity contribution is 5.85. The van der Waals surface area contributed by atoms with Crippen LogP contribution in [-0.2, 0) is 0 Å². The van der Waals surface area contributed by atoms with E-state index >= 15 is 0 Å². The summed E-state index contributed by atoms with van der Waals surface area (Å²) in [6.45, 7) is 4.82. The third-order valence-corrected chi connectivity index (χ3v) is 2.42. The number of nitrogens with one attached hydrogen (secondary N) is 1. The number of carbonyl (C=O) groups is 1. The molecular weight excluding hydrogens is 222 g/mol. The number of rotatable bonds is 6. The molecule has 6 heteroatoms. The smallest absolute Gasteiger partial charge is 0.356 e. The number of anilines is 1. The predicted octanol–water partition coefficient (Wildman–Crippen LogP) is 0.995. The lowest BCUT2D eigenvalue weighted by atomic mass is 9.90. The Labute approximate surface area is 99.7 Å². The highest BCUT2D eigenvalue weighted by atomic mass is 16.4. The average molecular weight is 239 g/mol. The first kappa shape index (κ1) is 13.4. The summed E-state index contributed by atoms with van der Waals surface area (Å²) in [6, 6.07) is 2.97. The van der Waals surface area contributed by atoms with E-state index in [9.17, 15) is 4.79 Å². The first-order valence-corrected chi connectivity index (χ1v) is 5.36. The quantitative estimate of drug-likeness (QED) is 0.685. The van der Waals surface area contributed by atoms with E-state index < -0.39 is 5.97 Å². The van der Waals surface area contributed by atoms with Crippen LogP contribution in [-0.4, -0.2) is 39.5 Å². The lowest BCUT2D eigenvalue weighted by molar-refractivity contribution is 0.0689. The fourth-order valence-corrected chi connectivity index (χ4v) is 1.26. The summed E-state index contributed by atoms with van der Waals surface area (Å²) < 4.78 is 0. The third kappa shape index (κ3) is 4.36. The Bertz CT molecular complexity index is 376. The van der Waals surface area contributed by atoms with E-state index in [0.717, 1.165) is 0 Å². The molecule has 0 atom stereocenters. The number of aromatic nitrogens is 2. The number of aromatic carboxylic acids is 1. The van der Waals surface area contributed by atoms with E-state index in [1.807, 2.05) is 13.8 Å². The second-order valence-corrected chi connectivity index (χ2v) is 4.60. The molecule has 1 heterocycles. The summed E-state index contributed by atoms with van der Waals surface area (Å²) in [7, 11) is 0. The van der Waals surface area contributed by atoms with Crippen LogP contribution in [0.25, 0.3) is 0 Å². The van der Waals surface area contributed by atoms with Gasteiger partial charge in [-0.25, -0.2) is 4.79 Å². The summed E-state index contributed by atoms with van der Waals surface area (Å²) in [4.78, 5) is 10.6. The Hall–Kier alpha value is -1.69. The van der Waals surface area contributed by atoms with Crippen LogP contribution in [0.3, 0.4) is 0 Å². The van der Waals surface area contributed by atoms with Gasteiger partial charge in [0.15, 0.2) is 5.69 Å². The first-order chi connectivity index (χ1) is 7.94. The van der Waals surface area contributed by atoms with Crippen molar-refractivity contribution < 1.29 is 15.0 Å². The summed E-state index contributed by atoms with van der Waals surface area (Å²) in [5, 5.41) is 27.9. The molecule has 0 aliphatic heterocycles. The van der Waals surface area contributed by atoms with Crippen LogP contribution < -0.4 is 5.32 Å². The van der Waals surface area contributed by atoms with E-state index in [4.69, 9.17) is 10.2 Å². The van der Waals surface area contributed by atoms with E-state index in [1.54, 1.807) is 6.07 Å². The van der Waals surface area contributed by atoms with Crippen molar-refractivity contribution in [3.63, 3.8) is 0 Å². The molecule has 0 fully saturated rings. The monoisotopic (exact) mass is 239 g/mol. The Morgan fingerprint density at radius 3 is 2.59 bits per heavy atom. The SMILES string of the molecule is CC(C)(CCO)CNc1ccc(C(=O)O)nn1. The zero-order valence-corrected chi connectivity index (χ0v) is 9.97. The standard InChI is InChI=1S/C11H17N3O3/c1-11(2,5-6-15)7-12-9-4-3-8(10(16)17)13-14-9/h3-4,15H,5-7H2,1-2H3,(H,12,14)(H,16,17). The molecule has 0 saturated carbocycles. The van der Waals surface area contributed by atoms with Gasteiger partial charge in [-0.2, -0.15) is 0 Å². The minimum absolute atomic E-state index is 0.0537. The first-order valence-electron chi connectivity index (χ1n) is 5.36. The van der Waals surface area contributed by atoms with Gasteiger partial charge in [-0.1, -0.05) is 13.8 Å². The molecule has 17 heavy (non-hydrogen) atoms.